The lowest BCUT2D eigenvalue weighted by Gasteiger charge is -2.32. The van der Waals surface area contributed by atoms with Crippen molar-refractivity contribution in [3.8, 4) is 17.3 Å². The molecule has 0 saturated heterocycles. The van der Waals surface area contributed by atoms with Gasteiger partial charge in [-0.25, -0.2) is 9.37 Å². The third-order valence-corrected chi connectivity index (χ3v) is 3.89. The minimum Gasteiger partial charge on any atom is -0.344 e. The predicted molar refractivity (Wildman–Crippen MR) is 69.9 cm³/mol. The van der Waals surface area contributed by atoms with Crippen LogP contribution in [0.2, 0.25) is 0 Å². The highest BCUT2D eigenvalue weighted by atomic mass is 19.1. The number of imidazole rings is 1. The summed E-state index contributed by atoms with van der Waals surface area (Å²) in [5, 5.41) is 9.33. The fourth-order valence-corrected chi connectivity index (χ4v) is 2.53. The lowest BCUT2D eigenvalue weighted by atomic mass is 9.69. The number of H-pyrrole nitrogens is 1. The first-order valence-electron chi connectivity index (χ1n) is 6.39. The van der Waals surface area contributed by atoms with Crippen molar-refractivity contribution in [2.45, 2.75) is 31.6 Å². The smallest absolute Gasteiger partial charge is 0.132 e. The molecule has 19 heavy (non-hydrogen) atoms. The minimum atomic E-state index is -0.492. The first kappa shape index (κ1) is 11.9. The molecule has 96 valence electrons. The Hall–Kier alpha value is -2.15. The van der Waals surface area contributed by atoms with Gasteiger partial charge in [0.05, 0.1) is 11.8 Å². The van der Waals surface area contributed by atoms with E-state index in [1.807, 2.05) is 6.92 Å². The molecule has 0 atom stereocenters. The Morgan fingerprint density at radius 3 is 2.68 bits per heavy atom. The lowest BCUT2D eigenvalue weighted by Crippen LogP contribution is -2.33. The normalized spacial score (nSPS) is 16.7. The molecule has 0 radical (unpaired) electrons. The van der Waals surface area contributed by atoms with E-state index in [2.05, 4.69) is 16.0 Å². The maximum Gasteiger partial charge on any atom is 0.132 e. The van der Waals surface area contributed by atoms with Crippen molar-refractivity contribution >= 4 is 0 Å². The molecule has 1 fully saturated rings. The predicted octanol–water partition coefficient (Wildman–Crippen LogP) is 3.47. The Balaban J connectivity index is 2.08. The summed E-state index contributed by atoms with van der Waals surface area (Å²) in [7, 11) is 0. The molecule has 0 unspecified atom stereocenters. The Bertz CT molecular complexity index is 662. The summed E-state index contributed by atoms with van der Waals surface area (Å²) in [6.07, 6.45) is 2.70. The monoisotopic (exact) mass is 255 g/mol. The maximum atomic E-state index is 13.8. The Kier molecular flexibility index (Phi) is 2.63. The van der Waals surface area contributed by atoms with E-state index in [1.165, 1.54) is 6.07 Å². The topological polar surface area (TPSA) is 52.5 Å². The molecule has 1 aliphatic rings. The number of nitrogens with zero attached hydrogens (tertiary/aromatic N) is 2. The summed E-state index contributed by atoms with van der Waals surface area (Å²) in [5.41, 5.74) is 1.40. The van der Waals surface area contributed by atoms with Crippen molar-refractivity contribution < 1.29 is 4.39 Å². The van der Waals surface area contributed by atoms with Crippen molar-refractivity contribution in [1.29, 1.82) is 5.26 Å². The fourth-order valence-electron chi connectivity index (χ4n) is 2.53. The molecule has 0 amide bonds. The molecule has 1 aromatic carbocycles. The third-order valence-electron chi connectivity index (χ3n) is 3.89. The van der Waals surface area contributed by atoms with Crippen LogP contribution >= 0.6 is 0 Å². The SMILES string of the molecule is Cc1[nH]c(C2(C#N)CCC2)nc1-c1ccccc1F. The summed E-state index contributed by atoms with van der Waals surface area (Å²) in [5.74, 6) is 0.389. The number of halogens is 1. The molecular weight excluding hydrogens is 241 g/mol. The van der Waals surface area contributed by atoms with Gasteiger partial charge in [-0.15, -0.1) is 0 Å². The molecule has 1 N–H and O–H groups in total. The largest absolute Gasteiger partial charge is 0.344 e. The zero-order valence-corrected chi connectivity index (χ0v) is 10.7. The second kappa shape index (κ2) is 4.20. The van der Waals surface area contributed by atoms with E-state index < -0.39 is 5.41 Å². The van der Waals surface area contributed by atoms with Gasteiger partial charge in [-0.1, -0.05) is 12.1 Å². The molecule has 3 rings (SSSR count). The van der Waals surface area contributed by atoms with E-state index in [4.69, 9.17) is 0 Å². The van der Waals surface area contributed by atoms with Gasteiger partial charge in [-0.2, -0.15) is 5.26 Å². The molecule has 1 heterocycles. The summed E-state index contributed by atoms with van der Waals surface area (Å²) >= 11 is 0. The summed E-state index contributed by atoms with van der Waals surface area (Å²) < 4.78 is 13.8. The van der Waals surface area contributed by atoms with Crippen LogP contribution in [-0.4, -0.2) is 9.97 Å². The van der Waals surface area contributed by atoms with E-state index in [1.54, 1.807) is 18.2 Å². The number of hydrogen-bond donors (Lipinski definition) is 1. The standard InChI is InChI=1S/C15H14FN3/c1-10-13(11-5-2-3-6-12(11)16)19-14(18-10)15(9-17)7-4-8-15/h2-3,5-6H,4,7-8H2,1H3,(H,18,19). The Labute approximate surface area is 111 Å². The van der Waals surface area contributed by atoms with Gasteiger partial charge in [-0.05, 0) is 38.3 Å². The number of nitrogens with one attached hydrogen (secondary N) is 1. The average molecular weight is 255 g/mol. The quantitative estimate of drug-likeness (QED) is 0.893. The van der Waals surface area contributed by atoms with Gasteiger partial charge < -0.3 is 4.98 Å². The second-order valence-electron chi connectivity index (χ2n) is 5.09. The van der Waals surface area contributed by atoms with Gasteiger partial charge in [0.25, 0.3) is 0 Å². The van der Waals surface area contributed by atoms with Crippen LogP contribution in [0.15, 0.2) is 24.3 Å². The number of aryl methyl sites for hydroxylation is 1. The van der Waals surface area contributed by atoms with Gasteiger partial charge in [0.15, 0.2) is 0 Å². The zero-order valence-electron chi connectivity index (χ0n) is 10.7. The highest BCUT2D eigenvalue weighted by Crippen LogP contribution is 2.42. The van der Waals surface area contributed by atoms with Crippen molar-refractivity contribution in [1.82, 2.24) is 9.97 Å². The van der Waals surface area contributed by atoms with E-state index in [-0.39, 0.29) is 5.82 Å². The van der Waals surface area contributed by atoms with E-state index in [0.717, 1.165) is 25.0 Å². The number of aromatic amines is 1. The number of hydrogen-bond acceptors (Lipinski definition) is 2. The van der Waals surface area contributed by atoms with Crippen molar-refractivity contribution in [3.05, 3.63) is 41.6 Å². The van der Waals surface area contributed by atoms with Crippen LogP contribution in [-0.2, 0) is 5.41 Å². The van der Waals surface area contributed by atoms with Crippen molar-refractivity contribution in [2.24, 2.45) is 0 Å². The van der Waals surface area contributed by atoms with E-state index >= 15 is 0 Å². The van der Waals surface area contributed by atoms with Gasteiger partial charge >= 0.3 is 0 Å². The highest BCUT2D eigenvalue weighted by molar-refractivity contribution is 5.63. The van der Waals surface area contributed by atoms with Crippen LogP contribution in [0.4, 0.5) is 4.39 Å². The molecule has 0 spiro atoms. The van der Waals surface area contributed by atoms with Gasteiger partial charge in [0, 0.05) is 11.3 Å². The molecule has 2 aromatic rings. The number of rotatable bonds is 2. The minimum absolute atomic E-state index is 0.289. The molecule has 1 aromatic heterocycles. The summed E-state index contributed by atoms with van der Waals surface area (Å²) in [6.45, 7) is 1.86. The van der Waals surface area contributed by atoms with E-state index in [9.17, 15) is 9.65 Å². The Morgan fingerprint density at radius 1 is 1.37 bits per heavy atom. The van der Waals surface area contributed by atoms with Crippen LogP contribution in [0.3, 0.4) is 0 Å². The van der Waals surface area contributed by atoms with Crippen LogP contribution in [0.1, 0.15) is 30.8 Å². The first-order valence-corrected chi connectivity index (χ1v) is 6.39. The number of benzene rings is 1. The average Bonchev–Trinajstić information content (AvgIpc) is 2.72. The van der Waals surface area contributed by atoms with Crippen LogP contribution in [0, 0.1) is 24.1 Å². The van der Waals surface area contributed by atoms with Crippen LogP contribution in [0.5, 0.6) is 0 Å². The maximum absolute atomic E-state index is 13.8. The highest BCUT2D eigenvalue weighted by Gasteiger charge is 2.42. The molecule has 1 saturated carbocycles. The van der Waals surface area contributed by atoms with Crippen molar-refractivity contribution in [3.63, 3.8) is 0 Å². The number of aromatic nitrogens is 2. The first-order chi connectivity index (χ1) is 9.16. The van der Waals surface area contributed by atoms with E-state index in [0.29, 0.717) is 17.1 Å². The van der Waals surface area contributed by atoms with Gasteiger partial charge in [0.1, 0.15) is 17.1 Å². The second-order valence-corrected chi connectivity index (χ2v) is 5.09. The third kappa shape index (κ3) is 1.74. The van der Waals surface area contributed by atoms with Crippen molar-refractivity contribution in [2.75, 3.05) is 0 Å². The Morgan fingerprint density at radius 2 is 2.11 bits per heavy atom. The molecule has 4 heteroatoms. The van der Waals surface area contributed by atoms with Crippen LogP contribution < -0.4 is 0 Å². The summed E-state index contributed by atoms with van der Waals surface area (Å²) in [6, 6.07) is 8.93. The molecule has 0 bridgehead atoms. The van der Waals surface area contributed by atoms with Gasteiger partial charge in [-0.3, -0.25) is 0 Å². The molecular formula is C15H14FN3. The summed E-state index contributed by atoms with van der Waals surface area (Å²) in [4.78, 5) is 7.65. The molecule has 0 aliphatic heterocycles. The van der Waals surface area contributed by atoms with Crippen LogP contribution in [0.25, 0.3) is 11.3 Å². The zero-order chi connectivity index (χ0) is 13.5. The molecule has 3 nitrogen and oxygen atoms in total. The number of nitriles is 1. The van der Waals surface area contributed by atoms with Gasteiger partial charge in [0.2, 0.25) is 0 Å². The fraction of sp³-hybridized carbons (Fsp3) is 0.333. The molecule has 1 aliphatic carbocycles. The lowest BCUT2D eigenvalue weighted by molar-refractivity contribution is 0.309.